The van der Waals surface area contributed by atoms with E-state index in [0.29, 0.717) is 0 Å². The number of rotatable bonds is 4. The second kappa shape index (κ2) is 3.90. The van der Waals surface area contributed by atoms with Gasteiger partial charge in [-0.3, -0.25) is 4.55 Å². The van der Waals surface area contributed by atoms with Gasteiger partial charge >= 0.3 is 0 Å². The topological polar surface area (TPSA) is 74.6 Å². The first kappa shape index (κ1) is 9.87. The first-order valence-electron chi connectivity index (χ1n) is 2.88. The number of aliphatic hydroxyl groups excluding tert-OH is 1. The Balaban J connectivity index is 3.56. The predicted molar refractivity (Wildman–Crippen MR) is 37.0 cm³/mol. The van der Waals surface area contributed by atoms with Crippen molar-refractivity contribution in [2.45, 2.75) is 18.9 Å². The highest BCUT2D eigenvalue weighted by Crippen LogP contribution is 1.98. The van der Waals surface area contributed by atoms with Gasteiger partial charge in [0.15, 0.2) is 0 Å². The fourth-order valence-corrected chi connectivity index (χ4v) is 0.999. The molecular formula is C5H11O4S. The highest BCUT2D eigenvalue weighted by Gasteiger charge is 2.08. The number of aliphatic hydroxyl groups is 1. The Kier molecular flexibility index (Phi) is 3.85. The molecule has 2 N–H and O–H groups in total. The maximum atomic E-state index is 10.1. The SMILES string of the molecule is [CH2]CC(O)CCS(=O)(=O)O. The molecule has 10 heavy (non-hydrogen) atoms. The Morgan fingerprint density at radius 1 is 1.50 bits per heavy atom. The maximum absolute atomic E-state index is 10.1. The van der Waals surface area contributed by atoms with Crippen LogP contribution in [0, 0.1) is 6.92 Å². The average molecular weight is 167 g/mol. The van der Waals surface area contributed by atoms with E-state index in [9.17, 15) is 8.42 Å². The summed E-state index contributed by atoms with van der Waals surface area (Å²) < 4.78 is 28.4. The summed E-state index contributed by atoms with van der Waals surface area (Å²) in [4.78, 5) is 0. The molecule has 0 saturated carbocycles. The fraction of sp³-hybridized carbons (Fsp3) is 0.800. The van der Waals surface area contributed by atoms with Crippen LogP contribution in [0.5, 0.6) is 0 Å². The van der Waals surface area contributed by atoms with Gasteiger partial charge in [0.05, 0.1) is 11.9 Å². The van der Waals surface area contributed by atoms with Crippen molar-refractivity contribution in [1.82, 2.24) is 0 Å². The molecule has 0 heterocycles. The van der Waals surface area contributed by atoms with Crippen LogP contribution in [0.25, 0.3) is 0 Å². The van der Waals surface area contributed by atoms with E-state index in [1.807, 2.05) is 0 Å². The van der Waals surface area contributed by atoms with Crippen molar-refractivity contribution in [3.8, 4) is 0 Å². The van der Waals surface area contributed by atoms with Gasteiger partial charge in [0, 0.05) is 0 Å². The molecule has 0 fully saturated rings. The van der Waals surface area contributed by atoms with Crippen molar-refractivity contribution >= 4 is 10.1 Å². The molecule has 0 spiro atoms. The first-order valence-corrected chi connectivity index (χ1v) is 4.49. The van der Waals surface area contributed by atoms with Crippen molar-refractivity contribution in [2.24, 2.45) is 0 Å². The summed E-state index contributed by atoms with van der Waals surface area (Å²) in [5, 5.41) is 8.78. The molecule has 4 nitrogen and oxygen atoms in total. The summed E-state index contributed by atoms with van der Waals surface area (Å²) in [6.45, 7) is 3.36. The molecule has 1 atom stereocenters. The lowest BCUT2D eigenvalue weighted by Gasteiger charge is -2.03. The zero-order chi connectivity index (χ0) is 8.20. The molecule has 0 aliphatic heterocycles. The average Bonchev–Trinajstić information content (AvgIpc) is 1.81. The lowest BCUT2D eigenvalue weighted by atomic mass is 10.2. The largest absolute Gasteiger partial charge is 0.393 e. The van der Waals surface area contributed by atoms with Crippen molar-refractivity contribution in [3.05, 3.63) is 6.92 Å². The van der Waals surface area contributed by atoms with Crippen molar-refractivity contribution < 1.29 is 18.1 Å². The van der Waals surface area contributed by atoms with Crippen LogP contribution in [0.1, 0.15) is 12.8 Å². The maximum Gasteiger partial charge on any atom is 0.264 e. The summed E-state index contributed by atoms with van der Waals surface area (Å²) in [5.41, 5.74) is 0. The molecule has 0 saturated heterocycles. The molecule has 5 heteroatoms. The summed E-state index contributed by atoms with van der Waals surface area (Å²) in [6.07, 6.45) is -0.431. The summed E-state index contributed by atoms with van der Waals surface area (Å²) in [5.74, 6) is -0.399. The second-order valence-electron chi connectivity index (χ2n) is 2.02. The van der Waals surface area contributed by atoms with Crippen LogP contribution in [0.4, 0.5) is 0 Å². The summed E-state index contributed by atoms with van der Waals surface area (Å²) in [7, 11) is -3.92. The van der Waals surface area contributed by atoms with Gasteiger partial charge < -0.3 is 5.11 Å². The molecular weight excluding hydrogens is 156 g/mol. The minimum Gasteiger partial charge on any atom is -0.393 e. The van der Waals surface area contributed by atoms with Gasteiger partial charge in [-0.25, -0.2) is 0 Å². The molecule has 0 bridgehead atoms. The Morgan fingerprint density at radius 3 is 2.30 bits per heavy atom. The third kappa shape index (κ3) is 6.00. The van der Waals surface area contributed by atoms with E-state index in [4.69, 9.17) is 9.66 Å². The van der Waals surface area contributed by atoms with Crippen LogP contribution in [0.15, 0.2) is 0 Å². The van der Waals surface area contributed by atoms with E-state index >= 15 is 0 Å². The van der Waals surface area contributed by atoms with E-state index in [0.717, 1.165) is 0 Å². The Hall–Kier alpha value is -0.130. The molecule has 0 aromatic carbocycles. The molecule has 0 aromatic rings. The fourth-order valence-electron chi connectivity index (χ4n) is 0.429. The minimum atomic E-state index is -3.92. The van der Waals surface area contributed by atoms with Gasteiger partial charge in [-0.1, -0.05) is 6.92 Å². The van der Waals surface area contributed by atoms with E-state index in [2.05, 4.69) is 6.92 Å². The molecule has 1 unspecified atom stereocenters. The second-order valence-corrected chi connectivity index (χ2v) is 3.59. The highest BCUT2D eigenvalue weighted by atomic mass is 32.2. The monoisotopic (exact) mass is 167 g/mol. The van der Waals surface area contributed by atoms with Gasteiger partial charge in [-0.15, -0.1) is 0 Å². The van der Waals surface area contributed by atoms with Crippen molar-refractivity contribution in [2.75, 3.05) is 5.75 Å². The van der Waals surface area contributed by atoms with E-state index in [-0.39, 0.29) is 12.8 Å². The standard InChI is InChI=1S/C5H11O4S/c1-2-5(6)3-4-10(7,8)9/h5-6H,1-4H2,(H,7,8,9). The van der Waals surface area contributed by atoms with Crippen LogP contribution in [0.3, 0.4) is 0 Å². The lowest BCUT2D eigenvalue weighted by molar-refractivity contribution is 0.173. The van der Waals surface area contributed by atoms with Gasteiger partial charge in [-0.05, 0) is 12.8 Å². The summed E-state index contributed by atoms with van der Waals surface area (Å²) in [6, 6.07) is 0. The zero-order valence-electron chi connectivity index (χ0n) is 5.52. The lowest BCUT2D eigenvalue weighted by Crippen LogP contribution is -2.12. The van der Waals surface area contributed by atoms with Crippen LogP contribution in [-0.2, 0) is 10.1 Å². The smallest absolute Gasteiger partial charge is 0.264 e. The normalized spacial score (nSPS) is 15.1. The van der Waals surface area contributed by atoms with E-state index < -0.39 is 22.0 Å². The Labute approximate surface area is 60.6 Å². The van der Waals surface area contributed by atoms with Crippen LogP contribution < -0.4 is 0 Å². The predicted octanol–water partition coefficient (Wildman–Crippen LogP) is -0.151. The molecule has 0 aromatic heterocycles. The third-order valence-electron chi connectivity index (χ3n) is 1.04. The van der Waals surface area contributed by atoms with Crippen LogP contribution in [-0.4, -0.2) is 29.9 Å². The molecule has 61 valence electrons. The molecule has 0 rings (SSSR count). The van der Waals surface area contributed by atoms with Crippen LogP contribution >= 0.6 is 0 Å². The molecule has 0 amide bonds. The Bertz CT molecular complexity index is 172. The van der Waals surface area contributed by atoms with E-state index in [1.54, 1.807) is 0 Å². The first-order chi connectivity index (χ1) is 4.45. The molecule has 0 aliphatic rings. The number of hydrogen-bond donors (Lipinski definition) is 2. The summed E-state index contributed by atoms with van der Waals surface area (Å²) >= 11 is 0. The van der Waals surface area contributed by atoms with Gasteiger partial charge in [0.2, 0.25) is 0 Å². The van der Waals surface area contributed by atoms with Crippen molar-refractivity contribution in [3.63, 3.8) is 0 Å². The Morgan fingerprint density at radius 2 is 2.00 bits per heavy atom. The quantitative estimate of drug-likeness (QED) is 0.571. The molecule has 0 aliphatic carbocycles. The van der Waals surface area contributed by atoms with Gasteiger partial charge in [0.1, 0.15) is 0 Å². The highest BCUT2D eigenvalue weighted by molar-refractivity contribution is 7.85. The van der Waals surface area contributed by atoms with Gasteiger partial charge in [-0.2, -0.15) is 8.42 Å². The van der Waals surface area contributed by atoms with Crippen molar-refractivity contribution in [1.29, 1.82) is 0 Å². The van der Waals surface area contributed by atoms with Crippen LogP contribution in [0.2, 0.25) is 0 Å². The number of hydrogen-bond acceptors (Lipinski definition) is 3. The zero-order valence-corrected chi connectivity index (χ0v) is 6.34. The third-order valence-corrected chi connectivity index (χ3v) is 1.79. The molecule has 1 radical (unpaired) electrons. The van der Waals surface area contributed by atoms with E-state index in [1.165, 1.54) is 0 Å². The minimum absolute atomic E-state index is 0.0440. The van der Waals surface area contributed by atoms with Gasteiger partial charge in [0.25, 0.3) is 10.1 Å².